The third-order valence-electron chi connectivity index (χ3n) is 3.98. The Labute approximate surface area is 173 Å². The summed E-state index contributed by atoms with van der Waals surface area (Å²) in [6.07, 6.45) is 0. The van der Waals surface area contributed by atoms with E-state index in [0.717, 1.165) is 22.9 Å². The van der Waals surface area contributed by atoms with Crippen LogP contribution >= 0.6 is 11.3 Å². The van der Waals surface area contributed by atoms with Crippen LogP contribution in [0.2, 0.25) is 0 Å². The van der Waals surface area contributed by atoms with Gasteiger partial charge in [0, 0.05) is 0 Å². The summed E-state index contributed by atoms with van der Waals surface area (Å²) >= 11 is 1.01. The number of amides is 1. The number of nitrogens with zero attached hydrogens (tertiary/aromatic N) is 1. The lowest BCUT2D eigenvalue weighted by atomic mass is 10.1. The number of aryl methyl sites for hydroxylation is 1. The fraction of sp³-hybridized carbons (Fsp3) is 0.450. The number of likely N-dealkylation sites (N-methyl/N-ethyl adjacent to an activating group) is 1. The van der Waals surface area contributed by atoms with Crippen LogP contribution in [0, 0.1) is 13.8 Å². The Morgan fingerprint density at radius 3 is 2.34 bits per heavy atom. The van der Waals surface area contributed by atoms with Crippen molar-refractivity contribution in [2.75, 3.05) is 32.1 Å². The van der Waals surface area contributed by atoms with Crippen molar-refractivity contribution in [3.05, 3.63) is 39.7 Å². The molecule has 2 rings (SSSR count). The lowest BCUT2D eigenvalue weighted by Gasteiger charge is -2.15. The van der Waals surface area contributed by atoms with Crippen molar-refractivity contribution in [1.82, 2.24) is 4.90 Å². The molecule has 0 radical (unpaired) electrons. The highest BCUT2D eigenvalue weighted by Gasteiger charge is 2.27. The van der Waals surface area contributed by atoms with E-state index in [4.69, 9.17) is 13.9 Å². The molecule has 0 aliphatic rings. The van der Waals surface area contributed by atoms with Gasteiger partial charge in [-0.1, -0.05) is 0 Å². The first-order chi connectivity index (χ1) is 13.8. The van der Waals surface area contributed by atoms with Gasteiger partial charge in [0.05, 0.1) is 31.9 Å². The van der Waals surface area contributed by atoms with Crippen molar-refractivity contribution >= 4 is 34.2 Å². The third kappa shape index (κ3) is 5.91. The standard InChI is InChI=1S/C20H26N2O6S/c1-6-26-19(24)16-13(4)17(20(25)27-7-2)29-18(16)21-15(23)11-22(5)10-14-9-8-12(3)28-14/h8-9H,6-7,10-11H2,1-5H3,(H,21,23). The number of carbonyl (C=O) groups excluding carboxylic acids is 3. The van der Waals surface area contributed by atoms with E-state index in [2.05, 4.69) is 5.32 Å². The van der Waals surface area contributed by atoms with Gasteiger partial charge in [-0.3, -0.25) is 9.69 Å². The van der Waals surface area contributed by atoms with Crippen molar-refractivity contribution in [3.63, 3.8) is 0 Å². The van der Waals surface area contributed by atoms with Crippen molar-refractivity contribution in [1.29, 1.82) is 0 Å². The van der Waals surface area contributed by atoms with Gasteiger partial charge in [0.15, 0.2) is 0 Å². The minimum absolute atomic E-state index is 0.0771. The molecule has 29 heavy (non-hydrogen) atoms. The first-order valence-corrected chi connectivity index (χ1v) is 10.1. The number of furan rings is 1. The summed E-state index contributed by atoms with van der Waals surface area (Å²) in [5.74, 6) is 0.106. The molecule has 0 aliphatic carbocycles. The van der Waals surface area contributed by atoms with Gasteiger partial charge in [0.25, 0.3) is 0 Å². The predicted molar refractivity (Wildman–Crippen MR) is 109 cm³/mol. The maximum atomic E-state index is 12.5. The van der Waals surface area contributed by atoms with Crippen molar-refractivity contribution in [3.8, 4) is 0 Å². The van der Waals surface area contributed by atoms with E-state index in [1.807, 2.05) is 19.1 Å². The zero-order chi connectivity index (χ0) is 21.6. The summed E-state index contributed by atoms with van der Waals surface area (Å²) in [5.41, 5.74) is 0.610. The predicted octanol–water partition coefficient (Wildman–Crippen LogP) is 3.38. The first kappa shape index (κ1) is 22.6. The second-order valence-electron chi connectivity index (χ2n) is 6.43. The van der Waals surface area contributed by atoms with E-state index < -0.39 is 11.9 Å². The minimum atomic E-state index is -0.591. The summed E-state index contributed by atoms with van der Waals surface area (Å²) in [6, 6.07) is 3.72. The van der Waals surface area contributed by atoms with E-state index in [9.17, 15) is 14.4 Å². The first-order valence-electron chi connectivity index (χ1n) is 9.28. The quantitative estimate of drug-likeness (QED) is 0.619. The molecule has 0 aliphatic heterocycles. The van der Waals surface area contributed by atoms with Crippen LogP contribution in [0.5, 0.6) is 0 Å². The average Bonchev–Trinajstić information content (AvgIpc) is 3.18. The molecule has 0 fully saturated rings. The normalized spacial score (nSPS) is 10.8. The molecule has 9 heteroatoms. The average molecular weight is 423 g/mol. The molecule has 0 atom stereocenters. The van der Waals surface area contributed by atoms with Gasteiger partial charge in [-0.15, -0.1) is 11.3 Å². The number of carbonyl (C=O) groups is 3. The van der Waals surface area contributed by atoms with Gasteiger partial charge in [-0.2, -0.15) is 0 Å². The number of hydrogen-bond acceptors (Lipinski definition) is 8. The highest BCUT2D eigenvalue weighted by molar-refractivity contribution is 7.18. The van der Waals surface area contributed by atoms with Gasteiger partial charge in [-0.05, 0) is 52.4 Å². The minimum Gasteiger partial charge on any atom is -0.465 e. The molecule has 8 nitrogen and oxygen atoms in total. The number of ether oxygens (including phenoxy) is 2. The Balaban J connectivity index is 2.16. The van der Waals surface area contributed by atoms with Crippen LogP contribution in [0.25, 0.3) is 0 Å². The maximum Gasteiger partial charge on any atom is 0.348 e. The monoisotopic (exact) mass is 422 g/mol. The molecule has 0 saturated carbocycles. The Morgan fingerprint density at radius 1 is 1.10 bits per heavy atom. The summed E-state index contributed by atoms with van der Waals surface area (Å²) in [6.45, 7) is 7.81. The van der Waals surface area contributed by atoms with Crippen molar-refractivity contribution in [2.24, 2.45) is 0 Å². The fourth-order valence-corrected chi connectivity index (χ4v) is 3.85. The largest absolute Gasteiger partial charge is 0.465 e. The van der Waals surface area contributed by atoms with E-state index in [1.54, 1.807) is 32.7 Å². The molecule has 0 aromatic carbocycles. The molecular weight excluding hydrogens is 396 g/mol. The summed E-state index contributed by atoms with van der Waals surface area (Å²) in [7, 11) is 1.79. The molecule has 0 unspecified atom stereocenters. The Bertz CT molecular complexity index is 886. The molecule has 158 valence electrons. The Hall–Kier alpha value is -2.65. The van der Waals surface area contributed by atoms with Crippen LogP contribution in [0.1, 0.15) is 51.0 Å². The second kappa shape index (κ2) is 10.2. The number of thiophene rings is 1. The molecule has 0 saturated heterocycles. The number of anilines is 1. The number of nitrogens with one attached hydrogen (secondary N) is 1. The summed E-state index contributed by atoms with van der Waals surface area (Å²) in [4.78, 5) is 39.1. The topological polar surface area (TPSA) is 98.1 Å². The van der Waals surface area contributed by atoms with Crippen LogP contribution in [-0.2, 0) is 20.8 Å². The van der Waals surface area contributed by atoms with E-state index in [-0.39, 0.29) is 41.1 Å². The van der Waals surface area contributed by atoms with Crippen LogP contribution in [-0.4, -0.2) is 49.6 Å². The zero-order valence-corrected chi connectivity index (χ0v) is 18.1. The highest BCUT2D eigenvalue weighted by atomic mass is 32.1. The lowest BCUT2D eigenvalue weighted by molar-refractivity contribution is -0.117. The molecule has 0 bridgehead atoms. The molecular formula is C20H26N2O6S. The van der Waals surface area contributed by atoms with Crippen molar-refractivity contribution < 1.29 is 28.3 Å². The van der Waals surface area contributed by atoms with Crippen LogP contribution in [0.4, 0.5) is 5.00 Å². The van der Waals surface area contributed by atoms with E-state index in [1.165, 1.54) is 0 Å². The van der Waals surface area contributed by atoms with Gasteiger partial charge < -0.3 is 19.2 Å². The Morgan fingerprint density at radius 2 is 1.76 bits per heavy atom. The smallest absolute Gasteiger partial charge is 0.348 e. The molecule has 2 heterocycles. The van der Waals surface area contributed by atoms with Gasteiger partial charge in [0.2, 0.25) is 5.91 Å². The van der Waals surface area contributed by atoms with E-state index >= 15 is 0 Å². The number of rotatable bonds is 9. The molecule has 2 aromatic heterocycles. The second-order valence-corrected chi connectivity index (χ2v) is 7.45. The highest BCUT2D eigenvalue weighted by Crippen LogP contribution is 2.34. The summed E-state index contributed by atoms with van der Waals surface area (Å²) in [5, 5.41) is 3.00. The maximum absolute atomic E-state index is 12.5. The molecule has 0 spiro atoms. The number of esters is 2. The SMILES string of the molecule is CCOC(=O)c1sc(NC(=O)CN(C)Cc2ccc(C)o2)c(C(=O)OCC)c1C. The van der Waals surface area contributed by atoms with Crippen LogP contribution < -0.4 is 5.32 Å². The number of hydrogen-bond donors (Lipinski definition) is 1. The molecule has 2 aromatic rings. The molecule has 1 N–H and O–H groups in total. The van der Waals surface area contributed by atoms with Crippen LogP contribution in [0.15, 0.2) is 16.5 Å². The molecule has 1 amide bonds. The van der Waals surface area contributed by atoms with Gasteiger partial charge >= 0.3 is 11.9 Å². The fourth-order valence-electron chi connectivity index (χ4n) is 2.75. The van der Waals surface area contributed by atoms with Crippen molar-refractivity contribution in [2.45, 2.75) is 34.2 Å². The van der Waals surface area contributed by atoms with Gasteiger partial charge in [0.1, 0.15) is 21.4 Å². The third-order valence-corrected chi connectivity index (χ3v) is 5.16. The van der Waals surface area contributed by atoms with E-state index in [0.29, 0.717) is 12.1 Å². The van der Waals surface area contributed by atoms with Crippen LogP contribution in [0.3, 0.4) is 0 Å². The summed E-state index contributed by atoms with van der Waals surface area (Å²) < 4.78 is 15.6. The zero-order valence-electron chi connectivity index (χ0n) is 17.3. The van der Waals surface area contributed by atoms with Gasteiger partial charge in [-0.25, -0.2) is 9.59 Å². The lowest BCUT2D eigenvalue weighted by Crippen LogP contribution is -2.30. The Kier molecular flexibility index (Phi) is 7.98.